The fraction of sp³-hybridized carbons (Fsp3) is 0.778. The van der Waals surface area contributed by atoms with Crippen LogP contribution in [0.2, 0.25) is 0 Å². The maximum absolute atomic E-state index is 11.1. The fourth-order valence-electron chi connectivity index (χ4n) is 0.683. The highest BCUT2D eigenvalue weighted by atomic mass is 16.5. The lowest BCUT2D eigenvalue weighted by Crippen LogP contribution is -2.16. The lowest BCUT2D eigenvalue weighted by Gasteiger charge is -2.05. The third-order valence-corrected chi connectivity index (χ3v) is 1.55. The summed E-state index contributed by atoms with van der Waals surface area (Å²) in [5, 5.41) is 7.43. The van der Waals surface area contributed by atoms with Gasteiger partial charge in [0.25, 0.3) is 0 Å². The van der Waals surface area contributed by atoms with Gasteiger partial charge in [0.1, 0.15) is 6.61 Å². The van der Waals surface area contributed by atoms with E-state index in [0.717, 1.165) is 0 Å². The summed E-state index contributed by atoms with van der Waals surface area (Å²) in [6, 6.07) is 0. The van der Waals surface area contributed by atoms with E-state index < -0.39 is 0 Å². The molecule has 0 aliphatic heterocycles. The molecule has 0 saturated heterocycles. The van der Waals surface area contributed by atoms with Crippen molar-refractivity contribution in [2.75, 3.05) is 13.2 Å². The van der Waals surface area contributed by atoms with E-state index in [1.807, 2.05) is 20.8 Å². The molecule has 0 aliphatic carbocycles. The molecule has 0 aromatic heterocycles. The molecule has 0 unspecified atom stereocenters. The highest BCUT2D eigenvalue weighted by Crippen LogP contribution is 1.99. The van der Waals surface area contributed by atoms with Crippen molar-refractivity contribution in [3.05, 3.63) is 0 Å². The van der Waals surface area contributed by atoms with E-state index in [1.54, 1.807) is 0 Å². The summed E-state index contributed by atoms with van der Waals surface area (Å²) in [5.41, 5.74) is 0.486. The zero-order chi connectivity index (χ0) is 9.56. The zero-order valence-electron chi connectivity index (χ0n) is 8.02. The molecule has 70 valence electrons. The van der Waals surface area contributed by atoms with E-state index in [2.05, 4.69) is 0 Å². The van der Waals surface area contributed by atoms with Gasteiger partial charge in [-0.3, -0.25) is 4.79 Å². The highest BCUT2D eigenvalue weighted by Gasteiger charge is 2.08. The minimum absolute atomic E-state index is 0.00412. The maximum Gasteiger partial charge on any atom is 0.164 e. The standard InChI is InChI=1S/C9H17NO2/c1-4-12-6-8(11)5-9(10)7(2)3/h7,10H,4-6H2,1-3H3. The van der Waals surface area contributed by atoms with Crippen LogP contribution in [0, 0.1) is 11.3 Å². The van der Waals surface area contributed by atoms with Gasteiger partial charge in [-0.15, -0.1) is 0 Å². The number of rotatable bonds is 6. The summed E-state index contributed by atoms with van der Waals surface area (Å²) in [5.74, 6) is 0.158. The van der Waals surface area contributed by atoms with Crippen LogP contribution >= 0.6 is 0 Å². The molecule has 0 bridgehead atoms. The molecule has 0 saturated carbocycles. The molecule has 0 aromatic rings. The summed E-state index contributed by atoms with van der Waals surface area (Å²) in [7, 11) is 0. The van der Waals surface area contributed by atoms with Crippen molar-refractivity contribution in [1.29, 1.82) is 5.41 Å². The first kappa shape index (κ1) is 11.3. The summed E-state index contributed by atoms with van der Waals surface area (Å²) in [6.07, 6.45) is 0.234. The second kappa shape index (κ2) is 5.89. The summed E-state index contributed by atoms with van der Waals surface area (Å²) in [6.45, 7) is 6.37. The van der Waals surface area contributed by atoms with Crippen LogP contribution in [0.1, 0.15) is 27.2 Å². The molecule has 0 aromatic carbocycles. The molecular weight excluding hydrogens is 154 g/mol. The van der Waals surface area contributed by atoms with Crippen LogP contribution in [-0.4, -0.2) is 24.7 Å². The first-order chi connectivity index (χ1) is 5.57. The van der Waals surface area contributed by atoms with Crippen molar-refractivity contribution in [1.82, 2.24) is 0 Å². The second-order valence-corrected chi connectivity index (χ2v) is 3.03. The first-order valence-electron chi connectivity index (χ1n) is 4.24. The molecule has 0 aliphatic rings. The van der Waals surface area contributed by atoms with Gasteiger partial charge in [0.05, 0.1) is 0 Å². The van der Waals surface area contributed by atoms with Gasteiger partial charge in [-0.05, 0) is 12.8 Å². The normalized spacial score (nSPS) is 10.3. The van der Waals surface area contributed by atoms with Gasteiger partial charge >= 0.3 is 0 Å². The molecule has 0 rings (SSSR count). The van der Waals surface area contributed by atoms with Crippen LogP contribution in [0.15, 0.2) is 0 Å². The van der Waals surface area contributed by atoms with Gasteiger partial charge in [-0.25, -0.2) is 0 Å². The average molecular weight is 171 g/mol. The number of hydrogen-bond donors (Lipinski definition) is 1. The second-order valence-electron chi connectivity index (χ2n) is 3.03. The molecule has 1 N–H and O–H groups in total. The quantitative estimate of drug-likeness (QED) is 0.618. The van der Waals surface area contributed by atoms with Crippen LogP contribution < -0.4 is 0 Å². The fourth-order valence-corrected chi connectivity index (χ4v) is 0.683. The van der Waals surface area contributed by atoms with Gasteiger partial charge in [-0.1, -0.05) is 13.8 Å². The third-order valence-electron chi connectivity index (χ3n) is 1.55. The van der Waals surface area contributed by atoms with Crippen LogP contribution in [0.4, 0.5) is 0 Å². The van der Waals surface area contributed by atoms with Crippen molar-refractivity contribution in [2.24, 2.45) is 5.92 Å². The molecule has 0 heterocycles. The van der Waals surface area contributed by atoms with Crippen molar-refractivity contribution in [3.8, 4) is 0 Å². The molecule has 0 fully saturated rings. The lowest BCUT2D eigenvalue weighted by atomic mass is 10.0. The van der Waals surface area contributed by atoms with Crippen molar-refractivity contribution < 1.29 is 9.53 Å². The number of nitrogens with one attached hydrogen (secondary N) is 1. The van der Waals surface area contributed by atoms with Crippen LogP contribution in [0.3, 0.4) is 0 Å². The van der Waals surface area contributed by atoms with Crippen molar-refractivity contribution in [2.45, 2.75) is 27.2 Å². The van der Waals surface area contributed by atoms with Crippen LogP contribution in [0.25, 0.3) is 0 Å². The molecule has 12 heavy (non-hydrogen) atoms. The molecule has 3 nitrogen and oxygen atoms in total. The predicted octanol–water partition coefficient (Wildman–Crippen LogP) is 1.66. The number of carbonyl (C=O) groups is 1. The maximum atomic E-state index is 11.1. The Morgan fingerprint density at radius 3 is 2.50 bits per heavy atom. The van der Waals surface area contributed by atoms with Crippen LogP contribution in [-0.2, 0) is 9.53 Å². The summed E-state index contributed by atoms with van der Waals surface area (Å²) >= 11 is 0. The van der Waals surface area contributed by atoms with E-state index >= 15 is 0 Å². The Balaban J connectivity index is 3.62. The Morgan fingerprint density at radius 2 is 2.08 bits per heavy atom. The van der Waals surface area contributed by atoms with E-state index in [1.165, 1.54) is 0 Å². The Bertz CT molecular complexity index is 164. The van der Waals surface area contributed by atoms with Crippen molar-refractivity contribution in [3.63, 3.8) is 0 Å². The molecule has 3 heteroatoms. The van der Waals surface area contributed by atoms with E-state index in [4.69, 9.17) is 10.1 Å². The Kier molecular flexibility index (Phi) is 5.54. The van der Waals surface area contributed by atoms with Crippen LogP contribution in [0.5, 0.6) is 0 Å². The highest BCUT2D eigenvalue weighted by molar-refractivity contribution is 6.01. The van der Waals surface area contributed by atoms with E-state index in [0.29, 0.717) is 12.3 Å². The summed E-state index contributed by atoms with van der Waals surface area (Å²) < 4.78 is 4.93. The van der Waals surface area contributed by atoms with E-state index in [9.17, 15) is 4.79 Å². The number of ketones is 1. The van der Waals surface area contributed by atoms with Gasteiger partial charge in [0.2, 0.25) is 0 Å². The number of Topliss-reactive ketones (excluding diaryl/α,β-unsaturated/α-hetero) is 1. The Labute approximate surface area is 73.6 Å². The number of carbonyl (C=O) groups excluding carboxylic acids is 1. The first-order valence-corrected chi connectivity index (χ1v) is 4.24. The largest absolute Gasteiger partial charge is 0.374 e. The average Bonchev–Trinajstić information content (AvgIpc) is 2.00. The van der Waals surface area contributed by atoms with E-state index in [-0.39, 0.29) is 24.7 Å². The van der Waals surface area contributed by atoms with Gasteiger partial charge < -0.3 is 10.1 Å². The van der Waals surface area contributed by atoms with Crippen molar-refractivity contribution >= 4 is 11.5 Å². The number of ether oxygens (including phenoxy) is 1. The minimum atomic E-state index is -0.00412. The predicted molar refractivity (Wildman–Crippen MR) is 48.7 cm³/mol. The van der Waals surface area contributed by atoms with Gasteiger partial charge in [0.15, 0.2) is 5.78 Å². The number of hydrogen-bond acceptors (Lipinski definition) is 3. The Hall–Kier alpha value is -0.700. The monoisotopic (exact) mass is 171 g/mol. The molecule has 0 atom stereocenters. The van der Waals surface area contributed by atoms with Gasteiger partial charge in [0, 0.05) is 18.7 Å². The molecule has 0 radical (unpaired) electrons. The molecule has 0 amide bonds. The van der Waals surface area contributed by atoms with Gasteiger partial charge in [-0.2, -0.15) is 0 Å². The Morgan fingerprint density at radius 1 is 1.50 bits per heavy atom. The zero-order valence-corrected chi connectivity index (χ0v) is 8.02. The lowest BCUT2D eigenvalue weighted by molar-refractivity contribution is -0.122. The topological polar surface area (TPSA) is 50.2 Å². The SMILES string of the molecule is CCOCC(=O)CC(=N)C(C)C. The molecular formula is C9H17NO2. The summed E-state index contributed by atoms with van der Waals surface area (Å²) in [4.78, 5) is 11.1. The smallest absolute Gasteiger partial charge is 0.164 e. The molecule has 0 spiro atoms. The minimum Gasteiger partial charge on any atom is -0.374 e. The third kappa shape index (κ3) is 5.02.